The van der Waals surface area contributed by atoms with Crippen LogP contribution in [0.2, 0.25) is 0 Å². The van der Waals surface area contributed by atoms with Gasteiger partial charge in [-0.25, -0.2) is 0 Å². The topological polar surface area (TPSA) is 77.0 Å². The van der Waals surface area contributed by atoms with Crippen molar-refractivity contribution in [3.05, 3.63) is 53.1 Å². The third-order valence-corrected chi connectivity index (χ3v) is 5.11. The van der Waals surface area contributed by atoms with Gasteiger partial charge in [0.15, 0.2) is 11.5 Å². The van der Waals surface area contributed by atoms with Crippen LogP contribution in [-0.2, 0) is 10.0 Å². The van der Waals surface area contributed by atoms with Gasteiger partial charge in [-0.1, -0.05) is 12.1 Å². The molecule has 0 unspecified atom stereocenters. The summed E-state index contributed by atoms with van der Waals surface area (Å²) in [6.45, 7) is 2.08. The lowest BCUT2D eigenvalue weighted by atomic mass is 10.1. The summed E-state index contributed by atoms with van der Waals surface area (Å²) in [5.41, 5.74) is 2.21. The average Bonchev–Trinajstić information content (AvgIpc) is 2.61. The first-order chi connectivity index (χ1) is 12.6. The van der Waals surface area contributed by atoms with Gasteiger partial charge in [-0.3, -0.25) is 0 Å². The Labute approximate surface area is 156 Å². The fourth-order valence-corrected chi connectivity index (χ4v) is 3.51. The lowest BCUT2D eigenvalue weighted by Crippen LogP contribution is -2.21. The van der Waals surface area contributed by atoms with Crippen LogP contribution in [-0.4, -0.2) is 27.9 Å². The number of nitrogens with one attached hydrogen (secondary N) is 1. The van der Waals surface area contributed by atoms with Crippen molar-refractivity contribution in [3.8, 4) is 11.5 Å². The van der Waals surface area contributed by atoms with E-state index in [4.69, 9.17) is 4.74 Å². The van der Waals surface area contributed by atoms with Crippen LogP contribution in [0.15, 0.2) is 46.4 Å². The quantitative estimate of drug-likeness (QED) is 0.571. The SMILES string of the molecule is COc1cc(/C(C)=N\NS(=O)(=O)c2cc(C)ccc2C)ccc1OC(F)F. The number of hydrazone groups is 1. The molecule has 146 valence electrons. The van der Waals surface area contributed by atoms with Gasteiger partial charge in [-0.2, -0.15) is 27.1 Å². The number of halogens is 2. The Morgan fingerprint density at radius 3 is 2.44 bits per heavy atom. The highest BCUT2D eigenvalue weighted by molar-refractivity contribution is 7.89. The van der Waals surface area contributed by atoms with Gasteiger partial charge < -0.3 is 9.47 Å². The van der Waals surface area contributed by atoms with Gasteiger partial charge in [0.25, 0.3) is 10.0 Å². The van der Waals surface area contributed by atoms with E-state index >= 15 is 0 Å². The zero-order valence-corrected chi connectivity index (χ0v) is 16.1. The molecule has 9 heteroatoms. The van der Waals surface area contributed by atoms with Crippen molar-refractivity contribution < 1.29 is 26.7 Å². The third kappa shape index (κ3) is 5.16. The lowest BCUT2D eigenvalue weighted by molar-refractivity contribution is -0.0512. The summed E-state index contributed by atoms with van der Waals surface area (Å²) in [5.74, 6) is -0.0419. The van der Waals surface area contributed by atoms with Gasteiger partial charge in [0, 0.05) is 5.56 Å². The number of sulfonamides is 1. The molecule has 1 N–H and O–H groups in total. The maximum absolute atomic E-state index is 12.5. The van der Waals surface area contributed by atoms with Crippen LogP contribution in [0.4, 0.5) is 8.78 Å². The second kappa shape index (κ2) is 8.34. The molecule has 0 spiro atoms. The highest BCUT2D eigenvalue weighted by atomic mass is 32.2. The van der Waals surface area contributed by atoms with E-state index in [9.17, 15) is 17.2 Å². The molecule has 0 heterocycles. The van der Waals surface area contributed by atoms with Crippen molar-refractivity contribution in [2.75, 3.05) is 7.11 Å². The summed E-state index contributed by atoms with van der Waals surface area (Å²) in [7, 11) is -2.54. The molecule has 0 aromatic heterocycles. The molecule has 0 atom stereocenters. The minimum absolute atomic E-state index is 0.0831. The zero-order chi connectivity index (χ0) is 20.2. The monoisotopic (exact) mass is 398 g/mol. The highest BCUT2D eigenvalue weighted by Gasteiger charge is 2.17. The molecule has 2 rings (SSSR count). The van der Waals surface area contributed by atoms with Gasteiger partial charge in [0.1, 0.15) is 0 Å². The van der Waals surface area contributed by atoms with Crippen LogP contribution >= 0.6 is 0 Å². The second-order valence-corrected chi connectivity index (χ2v) is 7.43. The third-order valence-electron chi connectivity index (χ3n) is 3.76. The van der Waals surface area contributed by atoms with Crippen molar-refractivity contribution in [1.82, 2.24) is 4.83 Å². The summed E-state index contributed by atoms with van der Waals surface area (Å²) < 4.78 is 59.2. The van der Waals surface area contributed by atoms with Crippen molar-refractivity contribution in [2.24, 2.45) is 5.10 Å². The minimum Gasteiger partial charge on any atom is -0.493 e. The maximum Gasteiger partial charge on any atom is 0.387 e. The summed E-state index contributed by atoms with van der Waals surface area (Å²) in [4.78, 5) is 2.33. The number of methoxy groups -OCH3 is 1. The largest absolute Gasteiger partial charge is 0.493 e. The number of alkyl halides is 2. The molecule has 2 aromatic rings. The van der Waals surface area contributed by atoms with E-state index < -0.39 is 16.6 Å². The zero-order valence-electron chi connectivity index (χ0n) is 15.3. The average molecular weight is 398 g/mol. The van der Waals surface area contributed by atoms with Crippen molar-refractivity contribution in [2.45, 2.75) is 32.3 Å². The molecular weight excluding hydrogens is 378 g/mol. The van der Waals surface area contributed by atoms with Gasteiger partial charge in [0.2, 0.25) is 0 Å². The first kappa shape index (κ1) is 20.6. The second-order valence-electron chi connectivity index (χ2n) is 5.81. The van der Waals surface area contributed by atoms with Gasteiger partial charge >= 0.3 is 6.61 Å². The summed E-state index contributed by atoms with van der Waals surface area (Å²) >= 11 is 0. The first-order valence-electron chi connectivity index (χ1n) is 7.90. The Bertz CT molecular complexity index is 960. The lowest BCUT2D eigenvalue weighted by Gasteiger charge is -2.12. The summed E-state index contributed by atoms with van der Waals surface area (Å²) in [6, 6.07) is 9.31. The predicted octanol–water partition coefficient (Wildman–Crippen LogP) is 3.62. The molecule has 0 fully saturated rings. The number of hydrogen-bond donors (Lipinski definition) is 1. The van der Waals surface area contributed by atoms with E-state index in [1.165, 1.54) is 25.3 Å². The van der Waals surface area contributed by atoms with E-state index in [0.717, 1.165) is 5.56 Å². The predicted molar refractivity (Wildman–Crippen MR) is 98.1 cm³/mol. The van der Waals surface area contributed by atoms with E-state index in [1.807, 2.05) is 6.07 Å². The summed E-state index contributed by atoms with van der Waals surface area (Å²) in [5, 5.41) is 3.91. The Kier molecular flexibility index (Phi) is 6.37. The standard InChI is InChI=1S/C18H20F2N2O4S/c1-11-5-6-12(2)17(9-11)27(23,24)22-21-13(3)14-7-8-15(26-18(19)20)16(10-14)25-4/h5-10,18,22H,1-4H3/b21-13-. The van der Waals surface area contributed by atoms with E-state index in [0.29, 0.717) is 16.8 Å². The fraction of sp³-hybridized carbons (Fsp3) is 0.278. The van der Waals surface area contributed by atoms with Crippen molar-refractivity contribution in [1.29, 1.82) is 0 Å². The van der Waals surface area contributed by atoms with E-state index in [-0.39, 0.29) is 16.4 Å². The minimum atomic E-state index is -3.85. The molecule has 0 aliphatic carbocycles. The van der Waals surface area contributed by atoms with Gasteiger partial charge in [0.05, 0.1) is 17.7 Å². The van der Waals surface area contributed by atoms with Crippen LogP contribution in [0, 0.1) is 13.8 Å². The Morgan fingerprint density at radius 2 is 1.81 bits per heavy atom. The smallest absolute Gasteiger partial charge is 0.387 e. The van der Waals surface area contributed by atoms with Crippen LogP contribution in [0.5, 0.6) is 11.5 Å². The van der Waals surface area contributed by atoms with E-state index in [1.54, 1.807) is 32.9 Å². The molecule has 0 saturated heterocycles. The molecule has 6 nitrogen and oxygen atoms in total. The van der Waals surface area contributed by atoms with Crippen LogP contribution in [0.1, 0.15) is 23.6 Å². The first-order valence-corrected chi connectivity index (χ1v) is 9.39. The normalized spacial score (nSPS) is 12.2. The Morgan fingerprint density at radius 1 is 1.11 bits per heavy atom. The van der Waals surface area contributed by atoms with Gasteiger partial charge in [-0.15, -0.1) is 0 Å². The molecular formula is C18H20F2N2O4S. The molecule has 0 bridgehead atoms. The Hall–Kier alpha value is -2.68. The number of benzene rings is 2. The fourth-order valence-electron chi connectivity index (χ4n) is 2.33. The number of nitrogens with zero attached hydrogens (tertiary/aromatic N) is 1. The molecule has 2 aromatic carbocycles. The van der Waals surface area contributed by atoms with Crippen molar-refractivity contribution >= 4 is 15.7 Å². The number of aryl methyl sites for hydroxylation is 2. The highest BCUT2D eigenvalue weighted by Crippen LogP contribution is 2.29. The number of ether oxygens (including phenoxy) is 2. The Balaban J connectivity index is 2.28. The van der Waals surface area contributed by atoms with Crippen molar-refractivity contribution in [3.63, 3.8) is 0 Å². The van der Waals surface area contributed by atoms with E-state index in [2.05, 4.69) is 14.7 Å². The molecule has 0 aliphatic heterocycles. The van der Waals surface area contributed by atoms with Gasteiger partial charge in [-0.05, 0) is 56.2 Å². The number of rotatable bonds is 7. The molecule has 0 saturated carbocycles. The van der Waals surface area contributed by atoms with Crippen LogP contribution < -0.4 is 14.3 Å². The number of hydrogen-bond acceptors (Lipinski definition) is 5. The molecule has 0 amide bonds. The molecule has 0 radical (unpaired) electrons. The molecule has 0 aliphatic rings. The summed E-state index contributed by atoms with van der Waals surface area (Å²) in [6.07, 6.45) is 0. The van der Waals surface area contributed by atoms with Crippen LogP contribution in [0.25, 0.3) is 0 Å². The molecule has 27 heavy (non-hydrogen) atoms. The maximum atomic E-state index is 12.5. The van der Waals surface area contributed by atoms with Crippen LogP contribution in [0.3, 0.4) is 0 Å².